The third-order valence-electron chi connectivity index (χ3n) is 6.69. The molecule has 2 aliphatic rings. The molecule has 1 N–H and O–H groups in total. The lowest BCUT2D eigenvalue weighted by atomic mass is 9.92. The lowest BCUT2D eigenvalue weighted by Crippen LogP contribution is -2.25. The van der Waals surface area contributed by atoms with E-state index in [2.05, 4.69) is 65.1 Å². The van der Waals surface area contributed by atoms with Gasteiger partial charge in [-0.1, -0.05) is 54.6 Å². The summed E-state index contributed by atoms with van der Waals surface area (Å²) in [5.41, 5.74) is 8.24. The number of ether oxygens (including phenoxy) is 1. The van der Waals surface area contributed by atoms with E-state index in [1.165, 1.54) is 27.8 Å². The largest absolute Gasteiger partial charge is 0.476 e. The highest BCUT2D eigenvalue weighted by atomic mass is 16.5. The van der Waals surface area contributed by atoms with Crippen LogP contribution in [0, 0.1) is 0 Å². The molecule has 2 aromatic carbocycles. The Balaban J connectivity index is 1.28. The number of hydrogen-bond acceptors (Lipinski definition) is 4. The average molecular weight is 429 g/mol. The molecule has 166 valence electrons. The molecular weight excluding hydrogens is 396 g/mol. The van der Waals surface area contributed by atoms with Crippen LogP contribution in [0.2, 0.25) is 0 Å². The first kappa shape index (κ1) is 21.0. The molecule has 0 saturated heterocycles. The number of fused-ring (bicyclic) bond motifs is 3. The fourth-order valence-corrected chi connectivity index (χ4v) is 5.16. The minimum Gasteiger partial charge on any atom is -0.476 e. The van der Waals surface area contributed by atoms with E-state index in [1.54, 1.807) is 0 Å². The predicted molar refractivity (Wildman–Crippen MR) is 128 cm³/mol. The Hall–Kier alpha value is -2.85. The summed E-state index contributed by atoms with van der Waals surface area (Å²) in [6, 6.07) is 18.1. The molecule has 0 aliphatic heterocycles. The van der Waals surface area contributed by atoms with E-state index in [0.29, 0.717) is 12.5 Å². The molecule has 0 fully saturated rings. The first-order valence-corrected chi connectivity index (χ1v) is 12.1. The van der Waals surface area contributed by atoms with Crippen LogP contribution in [0.3, 0.4) is 0 Å². The number of rotatable bonds is 7. The molecule has 3 aromatic rings. The van der Waals surface area contributed by atoms with Crippen LogP contribution in [-0.2, 0) is 19.3 Å². The van der Waals surface area contributed by atoms with E-state index in [-0.39, 0.29) is 6.04 Å². The van der Waals surface area contributed by atoms with Crippen LogP contribution in [-0.4, -0.2) is 18.3 Å². The minimum atomic E-state index is 0.276. The van der Waals surface area contributed by atoms with Gasteiger partial charge in [0.2, 0.25) is 0 Å². The molecule has 4 nitrogen and oxygen atoms in total. The molecule has 0 radical (unpaired) electrons. The lowest BCUT2D eigenvalue weighted by Gasteiger charge is -2.22. The van der Waals surface area contributed by atoms with Gasteiger partial charge in [-0.25, -0.2) is 0 Å². The standard InChI is InChI=1S/C28H32N2O2/c1-2-31-28-27-25(15-9-16-26(27)32-30-28)29-19-8-7-14-24-22-12-5-3-10-20(22)17-18-21-11-4-6-13-23(21)24/h3-6,10-14,25,29H,2,7-9,15-19H2,1H3/t25-/m1/s1. The number of nitrogens with one attached hydrogen (secondary N) is 1. The molecule has 32 heavy (non-hydrogen) atoms. The van der Waals surface area contributed by atoms with Crippen molar-refractivity contribution in [3.63, 3.8) is 0 Å². The molecule has 0 spiro atoms. The normalized spacial score (nSPS) is 17.2. The topological polar surface area (TPSA) is 47.3 Å². The van der Waals surface area contributed by atoms with Crippen molar-refractivity contribution in [2.45, 2.75) is 57.9 Å². The second kappa shape index (κ2) is 9.74. The molecule has 2 aliphatic carbocycles. The van der Waals surface area contributed by atoms with E-state index in [4.69, 9.17) is 9.26 Å². The van der Waals surface area contributed by atoms with Crippen LogP contribution < -0.4 is 10.1 Å². The molecule has 4 heteroatoms. The summed E-state index contributed by atoms with van der Waals surface area (Å²) in [4.78, 5) is 0. The van der Waals surface area contributed by atoms with Gasteiger partial charge in [0.05, 0.1) is 12.2 Å². The summed E-state index contributed by atoms with van der Waals surface area (Å²) in [6.07, 6.45) is 10.00. The van der Waals surface area contributed by atoms with E-state index >= 15 is 0 Å². The molecule has 1 atom stereocenters. The Morgan fingerprint density at radius 2 is 1.75 bits per heavy atom. The van der Waals surface area contributed by atoms with Gasteiger partial charge >= 0.3 is 0 Å². The van der Waals surface area contributed by atoms with E-state index in [9.17, 15) is 0 Å². The molecule has 0 unspecified atom stereocenters. The SMILES string of the molecule is CCOc1noc2c1[C@H](NCCCC=C1c3ccccc3CCc3ccccc31)CCC2. The fraction of sp³-hybridized carbons (Fsp3) is 0.393. The molecule has 1 heterocycles. The van der Waals surface area contributed by atoms with Crippen LogP contribution >= 0.6 is 0 Å². The van der Waals surface area contributed by atoms with Crippen molar-refractivity contribution in [2.24, 2.45) is 0 Å². The number of benzene rings is 2. The van der Waals surface area contributed by atoms with Crippen molar-refractivity contribution in [2.75, 3.05) is 13.2 Å². The van der Waals surface area contributed by atoms with Gasteiger partial charge in [-0.2, -0.15) is 0 Å². The van der Waals surface area contributed by atoms with Crippen LogP contribution in [0.1, 0.15) is 72.2 Å². The van der Waals surface area contributed by atoms with Crippen molar-refractivity contribution >= 4 is 5.57 Å². The van der Waals surface area contributed by atoms with Crippen LogP contribution in [0.5, 0.6) is 5.88 Å². The molecule has 0 amide bonds. The Bertz CT molecular complexity index is 1050. The highest BCUT2D eigenvalue weighted by molar-refractivity contribution is 5.83. The van der Waals surface area contributed by atoms with Crippen LogP contribution in [0.15, 0.2) is 59.1 Å². The van der Waals surface area contributed by atoms with Gasteiger partial charge in [-0.15, -0.1) is 0 Å². The number of hydrogen-bond donors (Lipinski definition) is 1. The summed E-state index contributed by atoms with van der Waals surface area (Å²) >= 11 is 0. The van der Waals surface area contributed by atoms with Gasteiger partial charge in [-0.05, 0) is 85.0 Å². The Labute approximate surface area is 190 Å². The Morgan fingerprint density at radius 3 is 2.47 bits per heavy atom. The molecule has 1 aromatic heterocycles. The highest BCUT2D eigenvalue weighted by Gasteiger charge is 2.28. The second-order valence-electron chi connectivity index (χ2n) is 8.73. The highest BCUT2D eigenvalue weighted by Crippen LogP contribution is 2.37. The van der Waals surface area contributed by atoms with Gasteiger partial charge in [0.15, 0.2) is 0 Å². The van der Waals surface area contributed by atoms with Crippen LogP contribution in [0.25, 0.3) is 5.57 Å². The monoisotopic (exact) mass is 428 g/mol. The number of allylic oxidation sites excluding steroid dienone is 1. The third kappa shape index (κ3) is 4.24. The molecular formula is C28H32N2O2. The second-order valence-corrected chi connectivity index (χ2v) is 8.73. The maximum atomic E-state index is 5.71. The third-order valence-corrected chi connectivity index (χ3v) is 6.69. The minimum absolute atomic E-state index is 0.276. The summed E-state index contributed by atoms with van der Waals surface area (Å²) in [7, 11) is 0. The van der Waals surface area contributed by atoms with Gasteiger partial charge in [0, 0.05) is 12.5 Å². The van der Waals surface area contributed by atoms with E-state index in [0.717, 1.165) is 62.8 Å². The predicted octanol–water partition coefficient (Wildman–Crippen LogP) is 6.05. The maximum absolute atomic E-state index is 5.71. The Kier molecular flexibility index (Phi) is 6.40. The van der Waals surface area contributed by atoms with Crippen molar-refractivity contribution in [1.82, 2.24) is 10.5 Å². The number of aryl methyl sites for hydroxylation is 3. The zero-order valence-electron chi connectivity index (χ0n) is 18.9. The quantitative estimate of drug-likeness (QED) is 0.465. The smallest absolute Gasteiger partial charge is 0.259 e. The summed E-state index contributed by atoms with van der Waals surface area (Å²) in [5, 5.41) is 7.89. The van der Waals surface area contributed by atoms with Crippen molar-refractivity contribution in [3.05, 3.63) is 88.2 Å². The van der Waals surface area contributed by atoms with Crippen LogP contribution in [0.4, 0.5) is 0 Å². The summed E-state index contributed by atoms with van der Waals surface area (Å²) < 4.78 is 11.2. The number of nitrogens with zero attached hydrogens (tertiary/aromatic N) is 1. The zero-order valence-corrected chi connectivity index (χ0v) is 18.9. The van der Waals surface area contributed by atoms with Crippen molar-refractivity contribution in [3.8, 4) is 5.88 Å². The molecule has 5 rings (SSSR count). The number of unbranched alkanes of at least 4 members (excludes halogenated alkanes) is 1. The van der Waals surface area contributed by atoms with E-state index < -0.39 is 0 Å². The first-order valence-electron chi connectivity index (χ1n) is 12.1. The van der Waals surface area contributed by atoms with Gasteiger partial charge in [-0.3, -0.25) is 0 Å². The van der Waals surface area contributed by atoms with Gasteiger partial charge < -0.3 is 14.6 Å². The first-order chi connectivity index (χ1) is 15.8. The van der Waals surface area contributed by atoms with Crippen molar-refractivity contribution < 1.29 is 9.26 Å². The lowest BCUT2D eigenvalue weighted by molar-refractivity contribution is 0.289. The van der Waals surface area contributed by atoms with Gasteiger partial charge in [0.25, 0.3) is 5.88 Å². The van der Waals surface area contributed by atoms with Crippen molar-refractivity contribution in [1.29, 1.82) is 0 Å². The molecule has 0 bridgehead atoms. The van der Waals surface area contributed by atoms with Gasteiger partial charge in [0.1, 0.15) is 5.76 Å². The van der Waals surface area contributed by atoms with E-state index in [1.807, 2.05) is 6.92 Å². The fourth-order valence-electron chi connectivity index (χ4n) is 5.16. The summed E-state index contributed by atoms with van der Waals surface area (Å²) in [5.74, 6) is 1.67. The molecule has 0 saturated carbocycles. The summed E-state index contributed by atoms with van der Waals surface area (Å²) in [6.45, 7) is 3.57. The maximum Gasteiger partial charge on any atom is 0.259 e. The Morgan fingerprint density at radius 1 is 1.03 bits per heavy atom. The zero-order chi connectivity index (χ0) is 21.8. The average Bonchev–Trinajstić information content (AvgIpc) is 3.17. The number of aromatic nitrogens is 1.